The Hall–Kier alpha value is -2.04. The summed E-state index contributed by atoms with van der Waals surface area (Å²) in [6.45, 7) is 2.65. The van der Waals surface area contributed by atoms with E-state index in [1.165, 1.54) is 0 Å². The molecule has 1 aliphatic heterocycles. The van der Waals surface area contributed by atoms with E-state index in [1.54, 1.807) is 36.1 Å². The second-order valence-corrected chi connectivity index (χ2v) is 5.22. The molecule has 0 unspecified atom stereocenters. The van der Waals surface area contributed by atoms with Gasteiger partial charge >= 0.3 is 5.97 Å². The van der Waals surface area contributed by atoms with Gasteiger partial charge < -0.3 is 15.4 Å². The summed E-state index contributed by atoms with van der Waals surface area (Å²) in [6.07, 6.45) is 3.30. The first-order valence-corrected chi connectivity index (χ1v) is 7.45. The molecule has 0 aliphatic carbocycles. The van der Waals surface area contributed by atoms with Gasteiger partial charge in [-0.1, -0.05) is 18.6 Å². The Morgan fingerprint density at radius 1 is 1.29 bits per heavy atom. The standard InChI is InChI=1S/C16H22N2O3/c1-2-21-16(20)15(12-7-9-13(17)10-8-12)18-11-5-3-4-6-14(18)19/h7-10,15H,2-6,11,17H2,1H3/t15-/m0/s1. The quantitative estimate of drug-likeness (QED) is 0.682. The van der Waals surface area contributed by atoms with Crippen molar-refractivity contribution in [1.29, 1.82) is 0 Å². The van der Waals surface area contributed by atoms with E-state index in [2.05, 4.69) is 0 Å². The zero-order valence-corrected chi connectivity index (χ0v) is 12.4. The number of hydrogen-bond donors (Lipinski definition) is 1. The zero-order valence-electron chi connectivity index (χ0n) is 12.4. The fraction of sp³-hybridized carbons (Fsp3) is 0.500. The number of carbonyl (C=O) groups excluding carboxylic acids is 2. The summed E-state index contributed by atoms with van der Waals surface area (Å²) < 4.78 is 5.17. The van der Waals surface area contributed by atoms with Crippen LogP contribution in [0.25, 0.3) is 0 Å². The molecule has 1 aromatic rings. The lowest BCUT2D eigenvalue weighted by molar-refractivity contribution is -0.155. The minimum atomic E-state index is -0.670. The molecule has 5 heteroatoms. The van der Waals surface area contributed by atoms with Gasteiger partial charge in [0.15, 0.2) is 6.04 Å². The van der Waals surface area contributed by atoms with Crippen molar-refractivity contribution in [3.63, 3.8) is 0 Å². The van der Waals surface area contributed by atoms with Crippen molar-refractivity contribution in [2.45, 2.75) is 38.6 Å². The number of ether oxygens (including phenoxy) is 1. The predicted octanol–water partition coefficient (Wildman–Crippen LogP) is 2.28. The van der Waals surface area contributed by atoms with Crippen molar-refractivity contribution >= 4 is 17.6 Å². The number of anilines is 1. The van der Waals surface area contributed by atoms with Gasteiger partial charge in [-0.05, 0) is 37.5 Å². The highest BCUT2D eigenvalue weighted by atomic mass is 16.5. The van der Waals surface area contributed by atoms with Crippen molar-refractivity contribution in [3.05, 3.63) is 29.8 Å². The van der Waals surface area contributed by atoms with Crippen LogP contribution in [0.4, 0.5) is 5.69 Å². The maximum Gasteiger partial charge on any atom is 0.333 e. The van der Waals surface area contributed by atoms with Crippen LogP contribution in [0, 0.1) is 0 Å². The molecule has 1 saturated heterocycles. The molecule has 0 bridgehead atoms. The number of esters is 1. The summed E-state index contributed by atoms with van der Waals surface area (Å²) >= 11 is 0. The molecule has 21 heavy (non-hydrogen) atoms. The highest BCUT2D eigenvalue weighted by molar-refractivity contribution is 5.85. The number of likely N-dealkylation sites (tertiary alicyclic amines) is 1. The topological polar surface area (TPSA) is 72.6 Å². The molecule has 1 atom stereocenters. The normalized spacial score (nSPS) is 17.2. The van der Waals surface area contributed by atoms with E-state index in [1.807, 2.05) is 0 Å². The fourth-order valence-corrected chi connectivity index (χ4v) is 2.62. The van der Waals surface area contributed by atoms with Crippen molar-refractivity contribution in [3.8, 4) is 0 Å². The van der Waals surface area contributed by atoms with Gasteiger partial charge in [0.25, 0.3) is 0 Å². The van der Waals surface area contributed by atoms with Gasteiger partial charge in [-0.2, -0.15) is 0 Å². The smallest absolute Gasteiger partial charge is 0.333 e. The average Bonchev–Trinajstić information content (AvgIpc) is 2.67. The van der Waals surface area contributed by atoms with Crippen LogP contribution in [-0.2, 0) is 14.3 Å². The Bertz CT molecular complexity index is 499. The van der Waals surface area contributed by atoms with Crippen LogP contribution in [0.3, 0.4) is 0 Å². The highest BCUT2D eigenvalue weighted by Gasteiger charge is 2.32. The van der Waals surface area contributed by atoms with Gasteiger partial charge in [0.05, 0.1) is 6.61 Å². The Kier molecular flexibility index (Phi) is 5.20. The third-order valence-corrected chi connectivity index (χ3v) is 3.68. The van der Waals surface area contributed by atoms with E-state index in [0.29, 0.717) is 25.3 Å². The molecule has 0 aromatic heterocycles. The number of nitrogens with two attached hydrogens (primary N) is 1. The van der Waals surface area contributed by atoms with Crippen LogP contribution >= 0.6 is 0 Å². The fourth-order valence-electron chi connectivity index (χ4n) is 2.62. The zero-order chi connectivity index (χ0) is 15.2. The summed E-state index contributed by atoms with van der Waals surface area (Å²) in [5, 5.41) is 0. The van der Waals surface area contributed by atoms with Gasteiger partial charge in [-0.15, -0.1) is 0 Å². The molecule has 0 spiro atoms. The number of nitrogen functional groups attached to an aromatic ring is 1. The van der Waals surface area contributed by atoms with Gasteiger partial charge in [0.1, 0.15) is 0 Å². The van der Waals surface area contributed by atoms with Crippen LogP contribution in [0.15, 0.2) is 24.3 Å². The number of amides is 1. The molecule has 1 aromatic carbocycles. The number of carbonyl (C=O) groups is 2. The number of hydrogen-bond acceptors (Lipinski definition) is 4. The molecule has 1 amide bonds. The molecule has 2 rings (SSSR count). The van der Waals surface area contributed by atoms with Crippen molar-refractivity contribution in [2.24, 2.45) is 0 Å². The molecular weight excluding hydrogens is 268 g/mol. The van der Waals surface area contributed by atoms with Crippen molar-refractivity contribution < 1.29 is 14.3 Å². The van der Waals surface area contributed by atoms with Crippen molar-refractivity contribution in [1.82, 2.24) is 4.90 Å². The predicted molar refractivity (Wildman–Crippen MR) is 80.4 cm³/mol. The van der Waals surface area contributed by atoms with Crippen LogP contribution in [-0.4, -0.2) is 29.9 Å². The highest BCUT2D eigenvalue weighted by Crippen LogP contribution is 2.27. The third-order valence-electron chi connectivity index (χ3n) is 3.68. The first kappa shape index (κ1) is 15.4. The summed E-state index contributed by atoms with van der Waals surface area (Å²) in [7, 11) is 0. The molecule has 2 N–H and O–H groups in total. The number of benzene rings is 1. The monoisotopic (exact) mass is 290 g/mol. The van der Waals surface area contributed by atoms with E-state index >= 15 is 0 Å². The average molecular weight is 290 g/mol. The van der Waals surface area contributed by atoms with Crippen LogP contribution in [0.1, 0.15) is 44.2 Å². The second-order valence-electron chi connectivity index (χ2n) is 5.22. The molecule has 0 saturated carbocycles. The minimum Gasteiger partial charge on any atom is -0.464 e. The number of rotatable bonds is 4. The van der Waals surface area contributed by atoms with E-state index in [-0.39, 0.29) is 11.9 Å². The summed E-state index contributed by atoms with van der Waals surface area (Å²) in [4.78, 5) is 26.3. The van der Waals surface area contributed by atoms with Gasteiger partial charge in [-0.3, -0.25) is 4.79 Å². The van der Waals surface area contributed by atoms with E-state index in [9.17, 15) is 9.59 Å². The minimum absolute atomic E-state index is 0.0161. The molecule has 1 aliphatic rings. The summed E-state index contributed by atoms with van der Waals surface area (Å²) in [6, 6.07) is 6.38. The Labute approximate surface area is 125 Å². The lowest BCUT2D eigenvalue weighted by Gasteiger charge is -2.29. The van der Waals surface area contributed by atoms with Crippen LogP contribution in [0.2, 0.25) is 0 Å². The summed E-state index contributed by atoms with van der Waals surface area (Å²) in [5.41, 5.74) is 7.07. The second kappa shape index (κ2) is 7.11. The maximum absolute atomic E-state index is 12.3. The van der Waals surface area contributed by atoms with E-state index in [0.717, 1.165) is 24.8 Å². The van der Waals surface area contributed by atoms with Gasteiger partial charge in [0.2, 0.25) is 5.91 Å². The first-order chi connectivity index (χ1) is 10.1. The SMILES string of the molecule is CCOC(=O)[C@H](c1ccc(N)cc1)N1CCCCCC1=O. The molecule has 1 fully saturated rings. The maximum atomic E-state index is 12.3. The Morgan fingerprint density at radius 3 is 2.67 bits per heavy atom. The summed E-state index contributed by atoms with van der Waals surface area (Å²) in [5.74, 6) is -0.361. The lowest BCUT2D eigenvalue weighted by atomic mass is 10.0. The molecular formula is C16H22N2O3. The molecule has 0 radical (unpaired) electrons. The Morgan fingerprint density at radius 2 is 2.00 bits per heavy atom. The first-order valence-electron chi connectivity index (χ1n) is 7.45. The number of nitrogens with zero attached hydrogens (tertiary/aromatic N) is 1. The van der Waals surface area contributed by atoms with E-state index < -0.39 is 6.04 Å². The van der Waals surface area contributed by atoms with Crippen molar-refractivity contribution in [2.75, 3.05) is 18.9 Å². The van der Waals surface area contributed by atoms with Gasteiger partial charge in [0, 0.05) is 18.7 Å². The van der Waals surface area contributed by atoms with Crippen LogP contribution < -0.4 is 5.73 Å². The van der Waals surface area contributed by atoms with E-state index in [4.69, 9.17) is 10.5 Å². The molecule has 1 heterocycles. The molecule has 5 nitrogen and oxygen atoms in total. The van der Waals surface area contributed by atoms with Crippen LogP contribution in [0.5, 0.6) is 0 Å². The van der Waals surface area contributed by atoms with Gasteiger partial charge in [-0.25, -0.2) is 4.79 Å². The molecule has 114 valence electrons. The third kappa shape index (κ3) is 3.74. The Balaban J connectivity index is 2.32. The largest absolute Gasteiger partial charge is 0.464 e. The lowest BCUT2D eigenvalue weighted by Crippen LogP contribution is -2.39.